The molecule has 2 rings (SSSR count). The van der Waals surface area contributed by atoms with Crippen LogP contribution in [0.3, 0.4) is 0 Å². The van der Waals surface area contributed by atoms with E-state index in [0.717, 1.165) is 25.3 Å². The predicted octanol–water partition coefficient (Wildman–Crippen LogP) is 2.45. The second-order valence-electron chi connectivity index (χ2n) is 6.64. The van der Waals surface area contributed by atoms with Crippen LogP contribution in [0.2, 0.25) is 0 Å². The maximum Gasteiger partial charge on any atom is 0.239 e. The molecular weight excluding hydrogens is 300 g/mol. The smallest absolute Gasteiger partial charge is 0.239 e. The number of aliphatic imine (C=N–C) groups is 1. The molecule has 1 aliphatic carbocycles. The maximum absolute atomic E-state index is 12.1. The van der Waals surface area contributed by atoms with Crippen molar-refractivity contribution in [2.45, 2.75) is 51.6 Å². The zero-order chi connectivity index (χ0) is 17.4. The number of carbonyl (C=O) groups excluding carboxylic acids is 1. The van der Waals surface area contributed by atoms with Crippen LogP contribution in [-0.4, -0.2) is 43.4 Å². The first-order valence-corrected chi connectivity index (χ1v) is 8.85. The average Bonchev–Trinajstić information content (AvgIpc) is 2.58. The van der Waals surface area contributed by atoms with Crippen molar-refractivity contribution in [3.8, 4) is 0 Å². The van der Waals surface area contributed by atoms with Crippen molar-refractivity contribution in [2.75, 3.05) is 20.6 Å². The summed E-state index contributed by atoms with van der Waals surface area (Å²) in [6.07, 6.45) is 5.95. The van der Waals surface area contributed by atoms with Gasteiger partial charge in [0.05, 0.1) is 6.54 Å². The molecule has 132 valence electrons. The van der Waals surface area contributed by atoms with E-state index in [1.165, 1.54) is 30.4 Å². The fraction of sp³-hybridized carbons (Fsp3) is 0.579. The Morgan fingerprint density at radius 3 is 2.50 bits per heavy atom. The van der Waals surface area contributed by atoms with Crippen LogP contribution in [0.1, 0.15) is 43.2 Å². The molecule has 0 atom stereocenters. The topological polar surface area (TPSA) is 56.7 Å². The summed E-state index contributed by atoms with van der Waals surface area (Å²) in [5, 5.41) is 6.27. The summed E-state index contributed by atoms with van der Waals surface area (Å²) in [7, 11) is 3.72. The molecule has 5 nitrogen and oxygen atoms in total. The number of nitrogens with one attached hydrogen (secondary N) is 2. The van der Waals surface area contributed by atoms with Gasteiger partial charge in [-0.3, -0.25) is 9.79 Å². The molecule has 1 aliphatic rings. The van der Waals surface area contributed by atoms with Gasteiger partial charge in [0.2, 0.25) is 5.91 Å². The van der Waals surface area contributed by atoms with Crippen molar-refractivity contribution >= 4 is 11.9 Å². The van der Waals surface area contributed by atoms with Crippen LogP contribution < -0.4 is 10.6 Å². The number of rotatable bonds is 5. The van der Waals surface area contributed by atoms with Gasteiger partial charge in [0.1, 0.15) is 0 Å². The standard InChI is InChI=1S/C19H30N4O/c1-15-9-11-16(12-10-15)14-23(3)19(20-2)21-13-18(24)22-17-7-5-4-6-8-17/h9-12,17H,4-8,13-14H2,1-3H3,(H,20,21)(H,22,24). The van der Waals surface area contributed by atoms with Gasteiger partial charge in [-0.25, -0.2) is 0 Å². The largest absolute Gasteiger partial charge is 0.352 e. The van der Waals surface area contributed by atoms with Crippen LogP contribution in [-0.2, 0) is 11.3 Å². The molecule has 0 heterocycles. The molecule has 1 aromatic rings. The summed E-state index contributed by atoms with van der Waals surface area (Å²) in [5.41, 5.74) is 2.47. The Kier molecular flexibility index (Phi) is 7.09. The highest BCUT2D eigenvalue weighted by molar-refractivity contribution is 5.86. The van der Waals surface area contributed by atoms with Gasteiger partial charge in [-0.05, 0) is 25.3 Å². The summed E-state index contributed by atoms with van der Waals surface area (Å²) in [6.45, 7) is 3.10. The molecule has 1 fully saturated rings. The van der Waals surface area contributed by atoms with Crippen molar-refractivity contribution in [1.29, 1.82) is 0 Å². The third-order valence-corrected chi connectivity index (χ3v) is 4.49. The molecular formula is C19H30N4O. The van der Waals surface area contributed by atoms with Crippen LogP contribution in [0.5, 0.6) is 0 Å². The molecule has 0 unspecified atom stereocenters. The van der Waals surface area contributed by atoms with Crippen LogP contribution in [0.25, 0.3) is 0 Å². The first-order valence-electron chi connectivity index (χ1n) is 8.85. The number of guanidine groups is 1. The molecule has 0 bridgehead atoms. The maximum atomic E-state index is 12.1. The van der Waals surface area contributed by atoms with E-state index in [0.29, 0.717) is 6.04 Å². The normalized spacial score (nSPS) is 15.9. The minimum absolute atomic E-state index is 0.0479. The first kappa shape index (κ1) is 18.3. The van der Waals surface area contributed by atoms with Crippen LogP contribution >= 0.6 is 0 Å². The molecule has 0 spiro atoms. The molecule has 0 radical (unpaired) electrons. The molecule has 1 aromatic carbocycles. The zero-order valence-electron chi connectivity index (χ0n) is 15.1. The molecule has 1 saturated carbocycles. The Labute approximate surface area is 145 Å². The zero-order valence-corrected chi connectivity index (χ0v) is 15.1. The molecule has 2 N–H and O–H groups in total. The lowest BCUT2D eigenvalue weighted by atomic mass is 9.95. The Bertz CT molecular complexity index is 547. The molecule has 1 amide bonds. The van der Waals surface area contributed by atoms with E-state index >= 15 is 0 Å². The van der Waals surface area contributed by atoms with E-state index in [4.69, 9.17) is 0 Å². The fourth-order valence-electron chi connectivity index (χ4n) is 3.11. The second-order valence-corrected chi connectivity index (χ2v) is 6.64. The van der Waals surface area contributed by atoms with E-state index in [9.17, 15) is 4.79 Å². The Morgan fingerprint density at radius 2 is 1.88 bits per heavy atom. The van der Waals surface area contributed by atoms with E-state index in [1.54, 1.807) is 7.05 Å². The predicted molar refractivity (Wildman–Crippen MR) is 99.0 cm³/mol. The molecule has 0 aromatic heterocycles. The SMILES string of the molecule is CN=C(NCC(=O)NC1CCCCC1)N(C)Cc1ccc(C)cc1. The summed E-state index contributed by atoms with van der Waals surface area (Å²) in [4.78, 5) is 18.4. The minimum atomic E-state index is 0.0479. The number of amides is 1. The molecule has 0 aliphatic heterocycles. The van der Waals surface area contributed by atoms with E-state index in [1.807, 2.05) is 11.9 Å². The van der Waals surface area contributed by atoms with Gasteiger partial charge in [0.15, 0.2) is 5.96 Å². The van der Waals surface area contributed by atoms with Crippen molar-refractivity contribution < 1.29 is 4.79 Å². The number of hydrogen-bond donors (Lipinski definition) is 2. The number of carbonyl (C=O) groups is 1. The Hall–Kier alpha value is -2.04. The lowest BCUT2D eigenvalue weighted by molar-refractivity contribution is -0.120. The summed E-state index contributed by atoms with van der Waals surface area (Å²) >= 11 is 0. The van der Waals surface area contributed by atoms with Crippen molar-refractivity contribution in [3.05, 3.63) is 35.4 Å². The Balaban J connectivity index is 1.78. The van der Waals surface area contributed by atoms with Gasteiger partial charge in [0, 0.05) is 26.7 Å². The van der Waals surface area contributed by atoms with Crippen molar-refractivity contribution in [3.63, 3.8) is 0 Å². The number of nitrogens with zero attached hydrogens (tertiary/aromatic N) is 2. The van der Waals surface area contributed by atoms with Gasteiger partial charge in [-0.2, -0.15) is 0 Å². The van der Waals surface area contributed by atoms with E-state index in [2.05, 4.69) is 46.8 Å². The van der Waals surface area contributed by atoms with Crippen molar-refractivity contribution in [2.24, 2.45) is 4.99 Å². The third-order valence-electron chi connectivity index (χ3n) is 4.49. The quantitative estimate of drug-likeness (QED) is 0.644. The minimum Gasteiger partial charge on any atom is -0.352 e. The van der Waals surface area contributed by atoms with Gasteiger partial charge < -0.3 is 15.5 Å². The third kappa shape index (κ3) is 5.87. The van der Waals surface area contributed by atoms with Gasteiger partial charge in [0.25, 0.3) is 0 Å². The first-order chi connectivity index (χ1) is 11.6. The highest BCUT2D eigenvalue weighted by Crippen LogP contribution is 2.17. The van der Waals surface area contributed by atoms with E-state index < -0.39 is 0 Å². The van der Waals surface area contributed by atoms with Crippen LogP contribution in [0.4, 0.5) is 0 Å². The monoisotopic (exact) mass is 330 g/mol. The van der Waals surface area contributed by atoms with E-state index in [-0.39, 0.29) is 12.5 Å². The second kappa shape index (κ2) is 9.30. The van der Waals surface area contributed by atoms with Gasteiger partial charge in [-0.1, -0.05) is 49.1 Å². The molecule has 0 saturated heterocycles. The number of hydrogen-bond acceptors (Lipinski definition) is 2. The number of benzene rings is 1. The van der Waals surface area contributed by atoms with Crippen LogP contribution in [0.15, 0.2) is 29.3 Å². The highest BCUT2D eigenvalue weighted by Gasteiger charge is 2.16. The average molecular weight is 330 g/mol. The van der Waals surface area contributed by atoms with Crippen LogP contribution in [0, 0.1) is 6.92 Å². The summed E-state index contributed by atoms with van der Waals surface area (Å²) < 4.78 is 0. The lowest BCUT2D eigenvalue weighted by Crippen LogP contribution is -2.46. The highest BCUT2D eigenvalue weighted by atomic mass is 16.2. The van der Waals surface area contributed by atoms with Crippen molar-refractivity contribution in [1.82, 2.24) is 15.5 Å². The lowest BCUT2D eigenvalue weighted by Gasteiger charge is -2.24. The molecule has 5 heteroatoms. The van der Waals surface area contributed by atoms with Gasteiger partial charge in [-0.15, -0.1) is 0 Å². The summed E-state index contributed by atoms with van der Waals surface area (Å²) in [5.74, 6) is 0.779. The Morgan fingerprint density at radius 1 is 1.21 bits per heavy atom. The fourth-order valence-corrected chi connectivity index (χ4v) is 3.11. The molecule has 24 heavy (non-hydrogen) atoms. The van der Waals surface area contributed by atoms with Gasteiger partial charge >= 0.3 is 0 Å². The number of aryl methyl sites for hydroxylation is 1. The summed E-state index contributed by atoms with van der Waals surface area (Å²) in [6, 6.07) is 8.80.